The van der Waals surface area contributed by atoms with Crippen LogP contribution in [0.25, 0.3) is 0 Å². The smallest absolute Gasteiger partial charge is 0.237 e. The van der Waals surface area contributed by atoms with Gasteiger partial charge < -0.3 is 20.7 Å². The fourth-order valence-electron chi connectivity index (χ4n) is 1.65. The summed E-state index contributed by atoms with van der Waals surface area (Å²) in [6, 6.07) is 1.88. The molecule has 0 unspecified atom stereocenters. The summed E-state index contributed by atoms with van der Waals surface area (Å²) in [6.45, 7) is 4.37. The fraction of sp³-hybridized carbons (Fsp3) is 0.583. The number of anilines is 2. The number of methoxy groups -OCH3 is 1. The van der Waals surface area contributed by atoms with Crippen molar-refractivity contribution in [3.63, 3.8) is 0 Å². The molecule has 1 aromatic heterocycles. The molecule has 0 aliphatic carbocycles. The van der Waals surface area contributed by atoms with Gasteiger partial charge >= 0.3 is 0 Å². The fourth-order valence-corrected chi connectivity index (χ4v) is 1.65. The van der Waals surface area contributed by atoms with Crippen molar-refractivity contribution in [2.45, 2.75) is 26.5 Å². The van der Waals surface area contributed by atoms with Crippen molar-refractivity contribution in [3.05, 3.63) is 11.9 Å². The molecule has 1 heterocycles. The molecular formula is C12H21N5O2. The molecule has 19 heavy (non-hydrogen) atoms. The average Bonchev–Trinajstić information content (AvgIpc) is 2.35. The first-order chi connectivity index (χ1) is 8.97. The highest BCUT2D eigenvalue weighted by Gasteiger charge is 2.16. The first kappa shape index (κ1) is 15.2. The Labute approximate surface area is 113 Å². The predicted molar refractivity (Wildman–Crippen MR) is 74.0 cm³/mol. The Hall–Kier alpha value is -1.89. The van der Waals surface area contributed by atoms with Crippen molar-refractivity contribution in [1.29, 1.82) is 0 Å². The molecule has 106 valence electrons. The number of nitrogens with zero attached hydrogens (tertiary/aromatic N) is 3. The summed E-state index contributed by atoms with van der Waals surface area (Å²) in [6.07, 6.45) is 0. The number of rotatable bonds is 7. The summed E-state index contributed by atoms with van der Waals surface area (Å²) in [5.41, 5.74) is 5.27. The van der Waals surface area contributed by atoms with Crippen molar-refractivity contribution in [2.75, 3.05) is 30.9 Å². The second kappa shape index (κ2) is 6.89. The minimum atomic E-state index is -0.397. The number of primary amides is 1. The highest BCUT2D eigenvalue weighted by atomic mass is 16.5. The average molecular weight is 267 g/mol. The highest BCUT2D eigenvalue weighted by molar-refractivity contribution is 5.79. The lowest BCUT2D eigenvalue weighted by molar-refractivity contribution is -0.116. The molecule has 0 aromatic carbocycles. The van der Waals surface area contributed by atoms with Crippen molar-refractivity contribution in [3.8, 4) is 0 Å². The van der Waals surface area contributed by atoms with Crippen LogP contribution in [0.4, 0.5) is 11.6 Å². The third-order valence-electron chi connectivity index (χ3n) is 2.53. The number of amides is 1. The molecule has 0 aliphatic heterocycles. The number of hydrogen-bond donors (Lipinski definition) is 2. The summed E-state index contributed by atoms with van der Waals surface area (Å²) >= 11 is 0. The van der Waals surface area contributed by atoms with Crippen LogP contribution < -0.4 is 16.0 Å². The molecular weight excluding hydrogens is 246 g/mol. The van der Waals surface area contributed by atoms with Crippen molar-refractivity contribution in [1.82, 2.24) is 9.97 Å². The summed E-state index contributed by atoms with van der Waals surface area (Å²) in [7, 11) is 3.36. The van der Waals surface area contributed by atoms with Crippen LogP contribution in [-0.4, -0.2) is 42.6 Å². The van der Waals surface area contributed by atoms with Gasteiger partial charge in [0, 0.05) is 26.3 Å². The number of hydrogen-bond acceptors (Lipinski definition) is 6. The number of carbonyl (C=O) groups excluding carboxylic acids is 1. The molecule has 0 saturated carbocycles. The standard InChI is InChI=1S/C12H21N5O2/c1-8(2)17(6-9(13)18)12-5-10(14-3)15-11(16-12)7-19-4/h5,8H,6-7H2,1-4H3,(H2,13,18)(H,14,15,16). The van der Waals surface area contributed by atoms with E-state index >= 15 is 0 Å². The van der Waals surface area contributed by atoms with Crippen molar-refractivity contribution < 1.29 is 9.53 Å². The van der Waals surface area contributed by atoms with E-state index in [4.69, 9.17) is 10.5 Å². The van der Waals surface area contributed by atoms with Gasteiger partial charge in [-0.15, -0.1) is 0 Å². The van der Waals surface area contributed by atoms with Crippen LogP contribution in [0.1, 0.15) is 19.7 Å². The van der Waals surface area contributed by atoms with Crippen LogP contribution in [0, 0.1) is 0 Å². The molecule has 0 atom stereocenters. The van der Waals surface area contributed by atoms with E-state index in [9.17, 15) is 4.79 Å². The van der Waals surface area contributed by atoms with Crippen molar-refractivity contribution in [2.24, 2.45) is 5.73 Å². The second-order valence-corrected chi connectivity index (χ2v) is 4.40. The van der Waals surface area contributed by atoms with E-state index < -0.39 is 5.91 Å². The maximum atomic E-state index is 11.1. The lowest BCUT2D eigenvalue weighted by Gasteiger charge is -2.27. The number of nitrogens with one attached hydrogen (secondary N) is 1. The quantitative estimate of drug-likeness (QED) is 0.741. The maximum absolute atomic E-state index is 11.1. The Morgan fingerprint density at radius 1 is 1.53 bits per heavy atom. The van der Waals surface area contributed by atoms with Gasteiger partial charge in [-0.1, -0.05) is 0 Å². The third-order valence-corrected chi connectivity index (χ3v) is 2.53. The van der Waals surface area contributed by atoms with Gasteiger partial charge in [-0.25, -0.2) is 9.97 Å². The van der Waals surface area contributed by atoms with Gasteiger partial charge in [0.15, 0.2) is 5.82 Å². The van der Waals surface area contributed by atoms with E-state index in [-0.39, 0.29) is 12.6 Å². The zero-order chi connectivity index (χ0) is 14.4. The maximum Gasteiger partial charge on any atom is 0.237 e. The lowest BCUT2D eigenvalue weighted by Crippen LogP contribution is -2.39. The Balaban J connectivity index is 3.13. The molecule has 0 spiro atoms. The predicted octanol–water partition coefficient (Wildman–Crippen LogP) is 0.365. The topological polar surface area (TPSA) is 93.4 Å². The zero-order valence-corrected chi connectivity index (χ0v) is 11.8. The molecule has 0 fully saturated rings. The van der Waals surface area contributed by atoms with Gasteiger partial charge in [0.2, 0.25) is 5.91 Å². The van der Waals surface area contributed by atoms with Crippen LogP contribution in [0.2, 0.25) is 0 Å². The van der Waals surface area contributed by atoms with Crippen LogP contribution >= 0.6 is 0 Å². The minimum absolute atomic E-state index is 0.0995. The van der Waals surface area contributed by atoms with Gasteiger partial charge in [0.1, 0.15) is 18.2 Å². The van der Waals surface area contributed by atoms with Gasteiger partial charge in [-0.05, 0) is 13.8 Å². The van der Waals surface area contributed by atoms with Gasteiger partial charge in [-0.2, -0.15) is 0 Å². The number of aromatic nitrogens is 2. The molecule has 1 rings (SSSR count). The number of ether oxygens (including phenoxy) is 1. The Morgan fingerprint density at radius 2 is 2.21 bits per heavy atom. The molecule has 3 N–H and O–H groups in total. The molecule has 0 bridgehead atoms. The van der Waals surface area contributed by atoms with Crippen molar-refractivity contribution >= 4 is 17.5 Å². The Morgan fingerprint density at radius 3 is 2.68 bits per heavy atom. The summed E-state index contributed by atoms with van der Waals surface area (Å²) < 4.78 is 5.04. The normalized spacial score (nSPS) is 10.6. The number of carbonyl (C=O) groups is 1. The zero-order valence-electron chi connectivity index (χ0n) is 11.8. The van der Waals surface area contributed by atoms with Gasteiger partial charge in [-0.3, -0.25) is 4.79 Å². The molecule has 0 radical (unpaired) electrons. The van der Waals surface area contributed by atoms with Crippen LogP contribution in [0.15, 0.2) is 6.07 Å². The van der Waals surface area contributed by atoms with E-state index in [1.807, 2.05) is 18.7 Å². The number of nitrogens with two attached hydrogens (primary N) is 1. The van der Waals surface area contributed by atoms with E-state index in [1.54, 1.807) is 20.2 Å². The van der Waals surface area contributed by atoms with Crippen LogP contribution in [-0.2, 0) is 16.1 Å². The monoisotopic (exact) mass is 267 g/mol. The van der Waals surface area contributed by atoms with Gasteiger partial charge in [0.25, 0.3) is 0 Å². The molecule has 7 nitrogen and oxygen atoms in total. The first-order valence-electron chi connectivity index (χ1n) is 6.07. The van der Waals surface area contributed by atoms with E-state index in [0.29, 0.717) is 24.1 Å². The SMILES string of the molecule is CNc1cc(N(CC(N)=O)C(C)C)nc(COC)n1. The molecule has 7 heteroatoms. The minimum Gasteiger partial charge on any atom is -0.377 e. The summed E-state index contributed by atoms with van der Waals surface area (Å²) in [5, 5.41) is 2.96. The Kier molecular flexibility index (Phi) is 5.50. The third kappa shape index (κ3) is 4.36. The molecule has 1 amide bonds. The first-order valence-corrected chi connectivity index (χ1v) is 6.07. The van der Waals surface area contributed by atoms with Gasteiger partial charge in [0.05, 0.1) is 6.54 Å². The molecule has 0 aliphatic rings. The Bertz CT molecular complexity index is 436. The van der Waals surface area contributed by atoms with E-state index in [0.717, 1.165) is 0 Å². The highest BCUT2D eigenvalue weighted by Crippen LogP contribution is 2.18. The molecule has 1 aromatic rings. The van der Waals surface area contributed by atoms with Crippen LogP contribution in [0.5, 0.6) is 0 Å². The summed E-state index contributed by atoms with van der Waals surface area (Å²) in [4.78, 5) is 21.6. The largest absolute Gasteiger partial charge is 0.377 e. The van der Waals surface area contributed by atoms with Crippen LogP contribution in [0.3, 0.4) is 0 Å². The van der Waals surface area contributed by atoms with E-state index in [1.165, 1.54) is 0 Å². The van der Waals surface area contributed by atoms with E-state index in [2.05, 4.69) is 15.3 Å². The lowest BCUT2D eigenvalue weighted by atomic mass is 10.3. The second-order valence-electron chi connectivity index (χ2n) is 4.40. The molecule has 0 saturated heterocycles. The summed E-state index contributed by atoms with van der Waals surface area (Å²) in [5.74, 6) is 1.48.